The normalized spacial score (nSPS) is 23.9. The van der Waals surface area contributed by atoms with Gasteiger partial charge < -0.3 is 4.90 Å². The number of amides is 3. The maximum atomic E-state index is 13.0. The number of carbonyl (C=O) groups is 2. The van der Waals surface area contributed by atoms with Crippen LogP contribution in [-0.2, 0) is 4.79 Å². The van der Waals surface area contributed by atoms with Gasteiger partial charge >= 0.3 is 11.9 Å². The molecule has 0 aromatic carbocycles. The van der Waals surface area contributed by atoms with Crippen LogP contribution in [0.15, 0.2) is 4.99 Å². The first-order valence-electron chi connectivity index (χ1n) is 11.2. The van der Waals surface area contributed by atoms with Crippen molar-refractivity contribution in [2.24, 2.45) is 4.99 Å². The Balaban J connectivity index is 1.76. The highest BCUT2D eigenvalue weighted by Crippen LogP contribution is 2.20. The first-order chi connectivity index (χ1) is 14.0. The second-order valence-electron chi connectivity index (χ2n) is 8.35. The van der Waals surface area contributed by atoms with E-state index in [2.05, 4.69) is 28.2 Å². The summed E-state index contributed by atoms with van der Waals surface area (Å²) in [6.45, 7) is 11.2. The Kier molecular flexibility index (Phi) is 7.40. The van der Waals surface area contributed by atoms with Gasteiger partial charge in [0.2, 0.25) is 0 Å². The molecule has 3 aliphatic heterocycles. The lowest BCUT2D eigenvalue weighted by molar-refractivity contribution is -0.537. The highest BCUT2D eigenvalue weighted by Gasteiger charge is 2.52. The van der Waals surface area contributed by atoms with Crippen molar-refractivity contribution in [1.82, 2.24) is 19.6 Å². The number of rotatable bonds is 9. The topological polar surface area (TPSA) is 62.5 Å². The zero-order chi connectivity index (χ0) is 21.0. The fourth-order valence-corrected chi connectivity index (χ4v) is 4.38. The fourth-order valence-electron chi connectivity index (χ4n) is 4.38. The molecule has 0 aliphatic carbocycles. The monoisotopic (exact) mass is 405 g/mol. The van der Waals surface area contributed by atoms with Crippen molar-refractivity contribution < 1.29 is 14.2 Å². The van der Waals surface area contributed by atoms with Crippen LogP contribution in [0.2, 0.25) is 0 Å². The molecule has 3 heterocycles. The van der Waals surface area contributed by atoms with E-state index in [0.29, 0.717) is 5.84 Å². The molecule has 2 fully saturated rings. The van der Waals surface area contributed by atoms with Gasteiger partial charge in [-0.2, -0.15) is 0 Å². The summed E-state index contributed by atoms with van der Waals surface area (Å²) < 4.78 is 2.16. The second-order valence-corrected chi connectivity index (χ2v) is 8.35. The predicted octanol–water partition coefficient (Wildman–Crippen LogP) is 1.31. The molecule has 162 valence electrons. The molecule has 0 aromatic rings. The molecule has 8 heteroatoms. The largest absolute Gasteiger partial charge is 0.333 e. The number of aliphatic imine (C=N–C) groups is 1. The molecule has 3 rings (SSSR count). The number of urea groups is 1. The van der Waals surface area contributed by atoms with Crippen molar-refractivity contribution in [3.8, 4) is 0 Å². The Bertz CT molecular complexity index is 681. The van der Waals surface area contributed by atoms with Crippen LogP contribution < -0.4 is 0 Å². The number of amidine groups is 2. The number of fused-ring (bicyclic) bond motifs is 1. The van der Waals surface area contributed by atoms with Crippen molar-refractivity contribution in [1.29, 1.82) is 0 Å². The lowest BCUT2D eigenvalue weighted by Gasteiger charge is -2.33. The zero-order valence-electron chi connectivity index (χ0n) is 18.6. The summed E-state index contributed by atoms with van der Waals surface area (Å²) in [5.74, 6) is 1.37. The standard InChI is InChI=1S/C21H37N6O2/c1-5-7-8-9-10-11-27-17(16-26-14-12-25(6-2)13-15-26)22-19-18(27)20(28)24(4)21(29)23(19)3/h18H,5-16H2,1-4H3/q+1. The van der Waals surface area contributed by atoms with Gasteiger partial charge in [-0.1, -0.05) is 33.1 Å². The molecule has 1 unspecified atom stereocenters. The lowest BCUT2D eigenvalue weighted by atomic mass is 10.1. The summed E-state index contributed by atoms with van der Waals surface area (Å²) in [7, 11) is 3.29. The predicted molar refractivity (Wildman–Crippen MR) is 115 cm³/mol. The van der Waals surface area contributed by atoms with Gasteiger partial charge in [-0.25, -0.2) is 9.37 Å². The number of likely N-dealkylation sites (N-methyl/N-ethyl adjacent to an activating group) is 3. The van der Waals surface area contributed by atoms with Gasteiger partial charge in [0, 0.05) is 40.3 Å². The van der Waals surface area contributed by atoms with Crippen molar-refractivity contribution in [2.75, 3.05) is 59.9 Å². The maximum Gasteiger partial charge on any atom is 0.333 e. The van der Waals surface area contributed by atoms with Gasteiger partial charge in [0.25, 0.3) is 17.8 Å². The Hall–Kier alpha value is -1.80. The zero-order valence-corrected chi connectivity index (χ0v) is 18.6. The molecule has 0 spiro atoms. The van der Waals surface area contributed by atoms with E-state index in [4.69, 9.17) is 4.99 Å². The van der Waals surface area contributed by atoms with E-state index in [1.165, 1.54) is 29.1 Å². The SMILES string of the molecule is CCCCCCC[N+]1=C(CN2CCN(CC)CC2)N=C2C1C(=O)N(C)C(=O)N2C. The third kappa shape index (κ3) is 4.69. The Morgan fingerprint density at radius 2 is 1.59 bits per heavy atom. The van der Waals surface area contributed by atoms with Gasteiger partial charge in [-0.15, -0.1) is 0 Å². The van der Waals surface area contributed by atoms with E-state index in [1.54, 1.807) is 14.1 Å². The maximum absolute atomic E-state index is 13.0. The van der Waals surface area contributed by atoms with Gasteiger partial charge in [0.1, 0.15) is 6.54 Å². The fraction of sp³-hybridized carbons (Fsp3) is 0.810. The molecular formula is C21H37N6O2+. The van der Waals surface area contributed by atoms with Crippen LogP contribution >= 0.6 is 0 Å². The number of nitrogens with zero attached hydrogens (tertiary/aromatic N) is 6. The third-order valence-corrected chi connectivity index (χ3v) is 6.39. The van der Waals surface area contributed by atoms with E-state index < -0.39 is 6.04 Å². The van der Waals surface area contributed by atoms with Crippen LogP contribution in [-0.4, -0.2) is 114 Å². The summed E-state index contributed by atoms with van der Waals surface area (Å²) in [4.78, 5) is 37.8. The number of hydrogen-bond acceptors (Lipinski definition) is 5. The molecule has 0 N–H and O–H groups in total. The quantitative estimate of drug-likeness (QED) is 0.429. The molecule has 2 saturated heterocycles. The lowest BCUT2D eigenvalue weighted by Crippen LogP contribution is -2.61. The summed E-state index contributed by atoms with van der Waals surface area (Å²) in [6, 6.07) is -0.758. The van der Waals surface area contributed by atoms with Crippen LogP contribution in [0, 0.1) is 0 Å². The number of unbranched alkanes of at least 4 members (excludes halogenated alkanes) is 4. The Morgan fingerprint density at radius 1 is 0.931 bits per heavy atom. The molecule has 0 saturated carbocycles. The first-order valence-corrected chi connectivity index (χ1v) is 11.2. The molecule has 0 bridgehead atoms. The number of imide groups is 1. The van der Waals surface area contributed by atoms with Crippen LogP contribution in [0.4, 0.5) is 4.79 Å². The molecule has 0 radical (unpaired) electrons. The van der Waals surface area contributed by atoms with Crippen molar-refractivity contribution in [2.45, 2.75) is 52.0 Å². The van der Waals surface area contributed by atoms with Crippen molar-refractivity contribution in [3.63, 3.8) is 0 Å². The highest BCUT2D eigenvalue weighted by molar-refractivity contribution is 6.23. The molecule has 3 amide bonds. The van der Waals surface area contributed by atoms with Gasteiger partial charge in [-0.3, -0.25) is 19.5 Å². The van der Waals surface area contributed by atoms with Crippen LogP contribution in [0.5, 0.6) is 0 Å². The Morgan fingerprint density at radius 3 is 2.24 bits per heavy atom. The number of piperazine rings is 1. The smallest absolute Gasteiger partial charge is 0.301 e. The summed E-state index contributed by atoms with van der Waals surface area (Å²) >= 11 is 0. The molecule has 1 atom stereocenters. The van der Waals surface area contributed by atoms with Crippen molar-refractivity contribution in [3.05, 3.63) is 0 Å². The van der Waals surface area contributed by atoms with Crippen LogP contribution in [0.25, 0.3) is 0 Å². The number of carbonyl (C=O) groups excluding carboxylic acids is 2. The molecule has 8 nitrogen and oxygen atoms in total. The van der Waals surface area contributed by atoms with E-state index in [9.17, 15) is 9.59 Å². The molecular weight excluding hydrogens is 368 g/mol. The van der Waals surface area contributed by atoms with E-state index in [-0.39, 0.29) is 11.9 Å². The summed E-state index contributed by atoms with van der Waals surface area (Å²) in [5, 5.41) is 0. The van der Waals surface area contributed by atoms with Crippen LogP contribution in [0.1, 0.15) is 46.0 Å². The minimum absolute atomic E-state index is 0.161. The average molecular weight is 406 g/mol. The average Bonchev–Trinajstić information content (AvgIpc) is 3.09. The first kappa shape index (κ1) is 21.9. The molecule has 3 aliphatic rings. The summed E-state index contributed by atoms with van der Waals surface area (Å²) in [6.07, 6.45) is 5.90. The highest BCUT2D eigenvalue weighted by atomic mass is 16.2. The van der Waals surface area contributed by atoms with Gasteiger partial charge in [-0.05, 0) is 24.4 Å². The van der Waals surface area contributed by atoms with E-state index in [0.717, 1.165) is 64.5 Å². The molecule has 29 heavy (non-hydrogen) atoms. The van der Waals surface area contributed by atoms with E-state index in [1.807, 2.05) is 0 Å². The molecule has 0 aromatic heterocycles. The third-order valence-electron chi connectivity index (χ3n) is 6.39. The van der Waals surface area contributed by atoms with Gasteiger partial charge in [0.15, 0.2) is 0 Å². The van der Waals surface area contributed by atoms with Gasteiger partial charge in [0.05, 0.1) is 6.54 Å². The van der Waals surface area contributed by atoms with Crippen molar-refractivity contribution >= 4 is 23.6 Å². The second kappa shape index (κ2) is 9.80. The summed E-state index contributed by atoms with van der Waals surface area (Å²) in [5.41, 5.74) is 0. The Labute approximate surface area is 174 Å². The van der Waals surface area contributed by atoms with E-state index >= 15 is 0 Å². The minimum atomic E-state index is -0.458. The van der Waals surface area contributed by atoms with Crippen LogP contribution in [0.3, 0.4) is 0 Å². The number of hydrogen-bond donors (Lipinski definition) is 0. The minimum Gasteiger partial charge on any atom is -0.301 e.